The summed E-state index contributed by atoms with van der Waals surface area (Å²) in [6, 6.07) is 14.0. The van der Waals surface area contributed by atoms with Crippen molar-refractivity contribution in [3.8, 4) is 22.3 Å². The second-order valence-electron chi connectivity index (χ2n) is 5.77. The van der Waals surface area contributed by atoms with Gasteiger partial charge in [-0.3, -0.25) is 9.89 Å². The molecule has 0 saturated heterocycles. The highest BCUT2D eigenvalue weighted by Crippen LogP contribution is 2.33. The first-order valence-corrected chi connectivity index (χ1v) is 7.77. The predicted molar refractivity (Wildman–Crippen MR) is 91.7 cm³/mol. The summed E-state index contributed by atoms with van der Waals surface area (Å²) >= 11 is 0. The third-order valence-corrected chi connectivity index (χ3v) is 4.13. The molecule has 130 valence electrons. The van der Waals surface area contributed by atoms with Crippen molar-refractivity contribution in [1.29, 1.82) is 0 Å². The van der Waals surface area contributed by atoms with Crippen molar-refractivity contribution in [3.63, 3.8) is 0 Å². The van der Waals surface area contributed by atoms with E-state index in [-0.39, 0.29) is 11.2 Å². The van der Waals surface area contributed by atoms with E-state index in [1.54, 1.807) is 18.2 Å². The summed E-state index contributed by atoms with van der Waals surface area (Å²) in [6.45, 7) is 0. The minimum absolute atomic E-state index is 0.272. The van der Waals surface area contributed by atoms with Crippen molar-refractivity contribution in [2.24, 2.45) is 0 Å². The molecule has 26 heavy (non-hydrogen) atoms. The van der Waals surface area contributed by atoms with E-state index in [9.17, 15) is 18.0 Å². The maximum absolute atomic E-state index is 12.9. The van der Waals surface area contributed by atoms with Crippen LogP contribution in [-0.4, -0.2) is 14.6 Å². The van der Waals surface area contributed by atoms with E-state index in [2.05, 4.69) is 10.1 Å². The molecule has 0 bridgehead atoms. The molecule has 0 aliphatic heterocycles. The van der Waals surface area contributed by atoms with Crippen molar-refractivity contribution in [2.75, 3.05) is 0 Å². The van der Waals surface area contributed by atoms with Crippen LogP contribution in [0.25, 0.3) is 27.9 Å². The minimum Gasteiger partial charge on any atom is -0.296 e. The molecule has 0 aliphatic carbocycles. The summed E-state index contributed by atoms with van der Waals surface area (Å²) in [5, 5.41) is 2.78. The zero-order valence-corrected chi connectivity index (χ0v) is 13.3. The van der Waals surface area contributed by atoms with Gasteiger partial charge in [-0.25, -0.2) is 9.50 Å². The molecule has 0 spiro atoms. The first-order valence-electron chi connectivity index (χ1n) is 7.77. The highest BCUT2D eigenvalue weighted by molar-refractivity contribution is 5.78. The third kappa shape index (κ3) is 2.67. The Morgan fingerprint density at radius 2 is 1.65 bits per heavy atom. The van der Waals surface area contributed by atoms with Gasteiger partial charge in [0.05, 0.1) is 11.1 Å². The van der Waals surface area contributed by atoms with Crippen molar-refractivity contribution in [3.05, 3.63) is 82.9 Å². The molecule has 0 amide bonds. The molecule has 7 heteroatoms. The van der Waals surface area contributed by atoms with E-state index < -0.39 is 11.7 Å². The molecule has 4 aromatic rings. The van der Waals surface area contributed by atoms with Gasteiger partial charge in [0, 0.05) is 18.0 Å². The highest BCUT2D eigenvalue weighted by atomic mass is 19.4. The summed E-state index contributed by atoms with van der Waals surface area (Å²) < 4.78 is 40.1. The Morgan fingerprint density at radius 3 is 2.38 bits per heavy atom. The van der Waals surface area contributed by atoms with Gasteiger partial charge in [0.1, 0.15) is 0 Å². The van der Waals surface area contributed by atoms with Crippen LogP contribution in [0.4, 0.5) is 13.2 Å². The predicted octanol–water partition coefficient (Wildman–Crippen LogP) is 4.38. The minimum atomic E-state index is -4.44. The zero-order chi connectivity index (χ0) is 18.3. The number of hydrogen-bond acceptors (Lipinski definition) is 2. The van der Waals surface area contributed by atoms with Gasteiger partial charge in [0.2, 0.25) is 0 Å². The maximum Gasteiger partial charge on any atom is 0.416 e. The van der Waals surface area contributed by atoms with Gasteiger partial charge < -0.3 is 0 Å². The van der Waals surface area contributed by atoms with Crippen molar-refractivity contribution >= 4 is 5.65 Å². The molecule has 0 radical (unpaired) electrons. The number of aromatic nitrogens is 3. The number of nitrogens with one attached hydrogen (secondary N) is 1. The lowest BCUT2D eigenvalue weighted by Crippen LogP contribution is -2.16. The highest BCUT2D eigenvalue weighted by Gasteiger charge is 2.30. The average molecular weight is 355 g/mol. The number of aromatic amines is 1. The van der Waals surface area contributed by atoms with Gasteiger partial charge in [-0.05, 0) is 23.3 Å². The normalized spacial score (nSPS) is 11.8. The molecule has 1 N–H and O–H groups in total. The Hall–Kier alpha value is -3.35. The van der Waals surface area contributed by atoms with Crippen LogP contribution >= 0.6 is 0 Å². The van der Waals surface area contributed by atoms with E-state index in [0.29, 0.717) is 16.7 Å². The van der Waals surface area contributed by atoms with Crippen molar-refractivity contribution in [1.82, 2.24) is 14.6 Å². The van der Waals surface area contributed by atoms with E-state index in [1.165, 1.54) is 23.0 Å². The monoisotopic (exact) mass is 355 g/mol. The quantitative estimate of drug-likeness (QED) is 0.580. The standard InChI is InChI=1S/C19H12F3N3O/c20-19(21,22)14-8-4-7-13(9-14)15-11-24-25-17(15)23-10-16(18(25)26)12-5-2-1-3-6-12/h1-11,24H. The van der Waals surface area contributed by atoms with E-state index in [4.69, 9.17) is 0 Å². The van der Waals surface area contributed by atoms with Crippen LogP contribution < -0.4 is 5.56 Å². The number of benzene rings is 2. The van der Waals surface area contributed by atoms with Gasteiger partial charge in [-0.15, -0.1) is 0 Å². The number of nitrogens with zero attached hydrogens (tertiary/aromatic N) is 2. The van der Waals surface area contributed by atoms with E-state index >= 15 is 0 Å². The molecule has 2 heterocycles. The van der Waals surface area contributed by atoms with Gasteiger partial charge in [-0.1, -0.05) is 42.5 Å². The van der Waals surface area contributed by atoms with Gasteiger partial charge in [-0.2, -0.15) is 13.2 Å². The van der Waals surface area contributed by atoms with Gasteiger partial charge >= 0.3 is 6.18 Å². The van der Waals surface area contributed by atoms with Gasteiger partial charge in [0.25, 0.3) is 5.56 Å². The summed E-state index contributed by atoms with van der Waals surface area (Å²) in [7, 11) is 0. The van der Waals surface area contributed by atoms with Crippen LogP contribution in [0.1, 0.15) is 5.56 Å². The van der Waals surface area contributed by atoms with Gasteiger partial charge in [0.15, 0.2) is 5.65 Å². The molecule has 0 saturated carbocycles. The van der Waals surface area contributed by atoms with E-state index in [0.717, 1.165) is 17.7 Å². The molecular formula is C19H12F3N3O. The zero-order valence-electron chi connectivity index (χ0n) is 13.3. The number of alkyl halides is 3. The van der Waals surface area contributed by atoms with Crippen LogP contribution in [0, 0.1) is 0 Å². The Balaban J connectivity index is 1.87. The second kappa shape index (κ2) is 5.87. The summed E-state index contributed by atoms with van der Waals surface area (Å²) in [5.41, 5.74) is 1.08. The first kappa shape index (κ1) is 16.1. The maximum atomic E-state index is 12.9. The summed E-state index contributed by atoms with van der Waals surface area (Å²) in [6.07, 6.45) is -1.52. The Labute approximate surface area is 145 Å². The van der Waals surface area contributed by atoms with Crippen LogP contribution in [0.3, 0.4) is 0 Å². The lowest BCUT2D eigenvalue weighted by molar-refractivity contribution is -0.137. The third-order valence-electron chi connectivity index (χ3n) is 4.13. The molecule has 0 atom stereocenters. The number of fused-ring (bicyclic) bond motifs is 1. The molecule has 0 aliphatic rings. The SMILES string of the molecule is O=c1c(-c2ccccc2)cnc2c(-c3cccc(C(F)(F)F)c3)c[nH]n12. The lowest BCUT2D eigenvalue weighted by Gasteiger charge is -2.08. The Bertz CT molecular complexity index is 1140. The fourth-order valence-electron chi connectivity index (χ4n) is 2.85. The topological polar surface area (TPSA) is 50.2 Å². The Morgan fingerprint density at radius 1 is 0.923 bits per heavy atom. The lowest BCUT2D eigenvalue weighted by atomic mass is 10.1. The number of hydrogen-bond donors (Lipinski definition) is 1. The molecule has 0 unspecified atom stereocenters. The van der Waals surface area contributed by atoms with Crippen LogP contribution in [0.15, 0.2) is 71.8 Å². The smallest absolute Gasteiger partial charge is 0.296 e. The number of H-pyrrole nitrogens is 1. The van der Waals surface area contributed by atoms with Crippen LogP contribution in [0.2, 0.25) is 0 Å². The molecule has 4 nitrogen and oxygen atoms in total. The first-order chi connectivity index (χ1) is 12.4. The largest absolute Gasteiger partial charge is 0.416 e. The molecule has 2 aromatic carbocycles. The summed E-state index contributed by atoms with van der Waals surface area (Å²) in [4.78, 5) is 17.0. The average Bonchev–Trinajstić information content (AvgIpc) is 3.07. The second-order valence-corrected chi connectivity index (χ2v) is 5.77. The Kier molecular flexibility index (Phi) is 3.64. The fourth-order valence-corrected chi connectivity index (χ4v) is 2.85. The summed E-state index contributed by atoms with van der Waals surface area (Å²) in [5.74, 6) is 0. The number of halogens is 3. The van der Waals surface area contributed by atoms with Crippen molar-refractivity contribution < 1.29 is 13.2 Å². The number of rotatable bonds is 2. The molecule has 4 rings (SSSR count). The van der Waals surface area contributed by atoms with E-state index in [1.807, 2.05) is 18.2 Å². The van der Waals surface area contributed by atoms with Crippen LogP contribution in [-0.2, 0) is 6.18 Å². The molecular weight excluding hydrogens is 343 g/mol. The van der Waals surface area contributed by atoms with Crippen molar-refractivity contribution in [2.45, 2.75) is 6.18 Å². The fraction of sp³-hybridized carbons (Fsp3) is 0.0526. The molecule has 0 fully saturated rings. The van der Waals surface area contributed by atoms with Crippen LogP contribution in [0.5, 0.6) is 0 Å². The molecule has 2 aromatic heterocycles.